The number of anilines is 2. The van der Waals surface area contributed by atoms with Gasteiger partial charge in [-0.05, 0) is 48.0 Å². The normalized spacial score (nSPS) is 25.7. The molecule has 0 bridgehead atoms. The minimum Gasteiger partial charge on any atom is -0.461 e. The molecule has 3 aliphatic heterocycles. The van der Waals surface area contributed by atoms with Gasteiger partial charge in [-0.2, -0.15) is 0 Å². The van der Waals surface area contributed by atoms with E-state index in [0.717, 1.165) is 11.3 Å². The fourth-order valence-electron chi connectivity index (χ4n) is 5.22. The minimum absolute atomic E-state index is 0.173. The first-order valence-electron chi connectivity index (χ1n) is 10.3. The zero-order valence-corrected chi connectivity index (χ0v) is 17.5. The molecule has 0 N–H and O–H groups in total. The summed E-state index contributed by atoms with van der Waals surface area (Å²) in [5.41, 5.74) is 2.23. The Labute approximate surface area is 188 Å². The van der Waals surface area contributed by atoms with E-state index < -0.39 is 23.9 Å². The predicted octanol–water partition coefficient (Wildman–Crippen LogP) is 4.21. The van der Waals surface area contributed by atoms with Crippen LogP contribution in [0.3, 0.4) is 0 Å². The highest BCUT2D eigenvalue weighted by molar-refractivity contribution is 6.31. The lowest BCUT2D eigenvalue weighted by Gasteiger charge is -2.36. The van der Waals surface area contributed by atoms with Gasteiger partial charge in [0.25, 0.3) is 0 Å². The first kappa shape index (κ1) is 19.1. The molecule has 0 radical (unpaired) electrons. The van der Waals surface area contributed by atoms with Gasteiger partial charge in [0.2, 0.25) is 17.6 Å². The van der Waals surface area contributed by atoms with Crippen molar-refractivity contribution in [2.75, 3.05) is 9.80 Å². The zero-order valence-electron chi connectivity index (χ0n) is 16.7. The van der Waals surface area contributed by atoms with Gasteiger partial charge in [-0.15, -0.1) is 0 Å². The Morgan fingerprint density at radius 1 is 0.906 bits per heavy atom. The summed E-state index contributed by atoms with van der Waals surface area (Å²) in [6.45, 7) is 0. The smallest absolute Gasteiger partial charge is 0.240 e. The fraction of sp³-hybridized carbons (Fsp3) is 0.160. The number of ketones is 1. The third kappa shape index (κ3) is 2.56. The highest BCUT2D eigenvalue weighted by atomic mass is 35.5. The van der Waals surface area contributed by atoms with Gasteiger partial charge in [0.05, 0.1) is 29.8 Å². The fourth-order valence-corrected chi connectivity index (χ4v) is 5.35. The Hall–Kier alpha value is -3.64. The van der Waals surface area contributed by atoms with Crippen molar-refractivity contribution in [3.8, 4) is 0 Å². The molecule has 1 aromatic heterocycles. The molecular weight excluding hydrogens is 428 g/mol. The maximum atomic E-state index is 13.7. The van der Waals surface area contributed by atoms with Crippen molar-refractivity contribution < 1.29 is 18.8 Å². The number of rotatable bonds is 3. The number of hydrogen-bond acceptors (Lipinski definition) is 5. The van der Waals surface area contributed by atoms with Crippen molar-refractivity contribution in [2.24, 2.45) is 11.8 Å². The van der Waals surface area contributed by atoms with Crippen molar-refractivity contribution >= 4 is 46.6 Å². The molecule has 2 saturated heterocycles. The standard InChI is InChI=1S/C25H17ClN2O4/c26-15-8-10-16(11-9-15)27-24(30)20-18-12-7-14-4-1-2-5-17(14)28(18)22(21(20)25(27)31)23(29)19-6-3-13-32-19/h1-13,18,20-22H. The molecule has 4 heterocycles. The summed E-state index contributed by atoms with van der Waals surface area (Å²) in [4.78, 5) is 44.0. The second kappa shape index (κ2) is 6.93. The van der Waals surface area contributed by atoms with Crippen molar-refractivity contribution in [1.29, 1.82) is 0 Å². The van der Waals surface area contributed by atoms with Crippen LogP contribution in [0, 0.1) is 11.8 Å². The lowest BCUT2D eigenvalue weighted by molar-refractivity contribution is -0.122. The van der Waals surface area contributed by atoms with Crippen LogP contribution in [-0.2, 0) is 9.59 Å². The second-order valence-corrected chi connectivity index (χ2v) is 8.58. The Morgan fingerprint density at radius 3 is 2.41 bits per heavy atom. The number of benzene rings is 2. The Bertz CT molecular complexity index is 1280. The molecule has 0 aliphatic carbocycles. The van der Waals surface area contributed by atoms with Gasteiger partial charge in [-0.25, -0.2) is 4.90 Å². The molecule has 6 nitrogen and oxygen atoms in total. The van der Waals surface area contributed by atoms with Gasteiger partial charge >= 0.3 is 0 Å². The van der Waals surface area contributed by atoms with Crippen LogP contribution in [0.4, 0.5) is 11.4 Å². The maximum absolute atomic E-state index is 13.7. The van der Waals surface area contributed by atoms with Gasteiger partial charge in [-0.1, -0.05) is 42.0 Å². The van der Waals surface area contributed by atoms with Crippen LogP contribution in [0.2, 0.25) is 5.02 Å². The van der Waals surface area contributed by atoms with Crippen LogP contribution in [0.15, 0.2) is 77.4 Å². The highest BCUT2D eigenvalue weighted by Crippen LogP contribution is 2.49. The first-order chi connectivity index (χ1) is 15.6. The van der Waals surface area contributed by atoms with Crippen LogP contribution in [-0.4, -0.2) is 29.7 Å². The number of imide groups is 1. The summed E-state index contributed by atoms with van der Waals surface area (Å²) in [6, 6.07) is 16.2. The lowest BCUT2D eigenvalue weighted by atomic mass is 9.87. The number of carbonyl (C=O) groups excluding carboxylic acids is 3. The monoisotopic (exact) mass is 444 g/mol. The Balaban J connectivity index is 1.50. The second-order valence-electron chi connectivity index (χ2n) is 8.14. The number of hydrogen-bond donors (Lipinski definition) is 0. The van der Waals surface area contributed by atoms with Crippen molar-refractivity contribution in [3.05, 3.63) is 89.3 Å². The number of para-hydroxylation sites is 1. The number of nitrogens with zero attached hydrogens (tertiary/aromatic N) is 2. The summed E-state index contributed by atoms with van der Waals surface area (Å²) in [6.07, 6.45) is 5.31. The number of Topliss-reactive ketones (excluding diaryl/α,β-unsaturated/α-hetero) is 1. The quantitative estimate of drug-likeness (QED) is 0.447. The van der Waals surface area contributed by atoms with Crippen LogP contribution in [0.5, 0.6) is 0 Å². The lowest BCUT2D eigenvalue weighted by Crippen LogP contribution is -2.48. The van der Waals surface area contributed by atoms with E-state index in [0.29, 0.717) is 10.7 Å². The molecule has 6 rings (SSSR count). The molecule has 4 atom stereocenters. The molecule has 32 heavy (non-hydrogen) atoms. The molecule has 2 amide bonds. The van der Waals surface area contributed by atoms with Crippen LogP contribution < -0.4 is 9.80 Å². The third-order valence-corrected chi connectivity index (χ3v) is 6.78. The van der Waals surface area contributed by atoms with E-state index in [2.05, 4.69) is 0 Å². The first-order valence-corrected chi connectivity index (χ1v) is 10.7. The molecule has 7 heteroatoms. The van der Waals surface area contributed by atoms with E-state index >= 15 is 0 Å². The summed E-state index contributed by atoms with van der Waals surface area (Å²) in [5.74, 6) is -2.32. The minimum atomic E-state index is -0.851. The topological polar surface area (TPSA) is 70.8 Å². The molecule has 2 fully saturated rings. The molecule has 0 saturated carbocycles. The molecule has 0 spiro atoms. The average Bonchev–Trinajstić information content (AvgIpc) is 3.51. The van der Waals surface area contributed by atoms with Gasteiger partial charge in [-0.3, -0.25) is 14.4 Å². The van der Waals surface area contributed by atoms with Crippen LogP contribution >= 0.6 is 11.6 Å². The van der Waals surface area contributed by atoms with E-state index in [1.54, 1.807) is 36.4 Å². The Morgan fingerprint density at radius 2 is 1.66 bits per heavy atom. The van der Waals surface area contributed by atoms with Gasteiger partial charge in [0.15, 0.2) is 5.76 Å². The molecule has 3 aromatic rings. The average molecular weight is 445 g/mol. The zero-order chi connectivity index (χ0) is 22.0. The summed E-state index contributed by atoms with van der Waals surface area (Å²) in [5, 5.41) is 0.511. The van der Waals surface area contributed by atoms with Crippen molar-refractivity contribution in [3.63, 3.8) is 0 Å². The third-order valence-electron chi connectivity index (χ3n) is 6.53. The van der Waals surface area contributed by atoms with E-state index in [1.165, 1.54) is 11.2 Å². The molecule has 3 aliphatic rings. The van der Waals surface area contributed by atoms with Gasteiger partial charge < -0.3 is 9.32 Å². The summed E-state index contributed by atoms with van der Waals surface area (Å²) in [7, 11) is 0. The number of furan rings is 1. The number of halogens is 1. The van der Waals surface area contributed by atoms with E-state index in [9.17, 15) is 14.4 Å². The van der Waals surface area contributed by atoms with E-state index in [1.807, 2.05) is 41.3 Å². The maximum Gasteiger partial charge on any atom is 0.240 e. The van der Waals surface area contributed by atoms with Crippen molar-refractivity contribution in [1.82, 2.24) is 0 Å². The van der Waals surface area contributed by atoms with E-state index in [4.69, 9.17) is 16.0 Å². The predicted molar refractivity (Wildman–Crippen MR) is 119 cm³/mol. The highest BCUT2D eigenvalue weighted by Gasteiger charge is 2.64. The van der Waals surface area contributed by atoms with Gasteiger partial charge in [0.1, 0.15) is 6.04 Å². The summed E-state index contributed by atoms with van der Waals surface area (Å²) < 4.78 is 5.39. The largest absolute Gasteiger partial charge is 0.461 e. The van der Waals surface area contributed by atoms with Crippen LogP contribution in [0.25, 0.3) is 6.08 Å². The van der Waals surface area contributed by atoms with Gasteiger partial charge in [0, 0.05) is 10.7 Å². The SMILES string of the molecule is O=C(c1ccco1)C1C2C(=O)N(c3ccc(Cl)cc3)C(=O)C2C2C=Cc3ccccc3N21. The number of amides is 2. The van der Waals surface area contributed by atoms with Crippen LogP contribution in [0.1, 0.15) is 16.1 Å². The molecule has 2 aromatic carbocycles. The number of carbonyl (C=O) groups is 3. The summed E-state index contributed by atoms with van der Waals surface area (Å²) >= 11 is 5.99. The molecule has 4 unspecified atom stereocenters. The molecule has 158 valence electrons. The van der Waals surface area contributed by atoms with E-state index in [-0.39, 0.29) is 23.4 Å². The molecular formula is C25H17ClN2O4. The van der Waals surface area contributed by atoms with Crippen molar-refractivity contribution in [2.45, 2.75) is 12.1 Å². The number of fused-ring (bicyclic) bond motifs is 5. The Kier molecular flexibility index (Phi) is 4.13.